The van der Waals surface area contributed by atoms with Gasteiger partial charge in [0.2, 0.25) is 0 Å². The second kappa shape index (κ2) is 7.60. The molecule has 5 nitrogen and oxygen atoms in total. The number of rotatable bonds is 6. The monoisotopic (exact) mass is 349 g/mol. The van der Waals surface area contributed by atoms with Crippen LogP contribution in [-0.4, -0.2) is 31.3 Å². The molecule has 0 radical (unpaired) electrons. The smallest absolute Gasteiger partial charge is 0.269 e. The van der Waals surface area contributed by atoms with Crippen LogP contribution in [0.3, 0.4) is 0 Å². The lowest BCUT2D eigenvalue weighted by atomic mass is 10.0. The molecule has 1 N–H and O–H groups in total. The summed E-state index contributed by atoms with van der Waals surface area (Å²) in [6, 6.07) is 18.4. The molecule has 1 amide bonds. The first-order chi connectivity index (χ1) is 12.8. The van der Waals surface area contributed by atoms with Gasteiger partial charge in [-0.25, -0.2) is 0 Å². The summed E-state index contributed by atoms with van der Waals surface area (Å²) in [7, 11) is 0. The van der Waals surface area contributed by atoms with Gasteiger partial charge in [0.1, 0.15) is 5.71 Å². The van der Waals surface area contributed by atoms with Gasteiger partial charge < -0.3 is 15.1 Å². The molecule has 134 valence electrons. The molecule has 2 aromatic carbocycles. The molecule has 0 unspecified atom stereocenters. The Bertz CT molecular complexity index is 804. The number of amides is 1. The van der Waals surface area contributed by atoms with Crippen LogP contribution in [-0.2, 0) is 16.1 Å². The average Bonchev–Trinajstić information content (AvgIpc) is 3.33. The highest BCUT2D eigenvalue weighted by Gasteiger charge is 2.27. The molecule has 0 aliphatic carbocycles. The Morgan fingerprint density at radius 3 is 2.85 bits per heavy atom. The molecule has 0 bridgehead atoms. The van der Waals surface area contributed by atoms with Gasteiger partial charge in [0.15, 0.2) is 6.10 Å². The van der Waals surface area contributed by atoms with Gasteiger partial charge in [-0.15, -0.1) is 0 Å². The molecule has 0 aromatic heterocycles. The van der Waals surface area contributed by atoms with Gasteiger partial charge in [0, 0.05) is 31.7 Å². The Hall–Kier alpha value is -2.82. The van der Waals surface area contributed by atoms with E-state index in [2.05, 4.69) is 39.6 Å². The molecule has 5 heteroatoms. The largest absolute Gasteiger partial charge is 0.387 e. The zero-order valence-electron chi connectivity index (χ0n) is 14.7. The van der Waals surface area contributed by atoms with E-state index < -0.39 is 0 Å². The molecular formula is C21H23N3O2. The fraction of sp³-hybridized carbons (Fsp3) is 0.333. The number of anilines is 1. The van der Waals surface area contributed by atoms with Crippen molar-refractivity contribution in [1.29, 1.82) is 0 Å². The first kappa shape index (κ1) is 16.6. The van der Waals surface area contributed by atoms with E-state index in [9.17, 15) is 4.79 Å². The highest BCUT2D eigenvalue weighted by atomic mass is 16.6. The van der Waals surface area contributed by atoms with E-state index in [1.807, 2.05) is 30.3 Å². The number of nitrogens with zero attached hydrogens (tertiary/aromatic N) is 2. The van der Waals surface area contributed by atoms with Gasteiger partial charge in [-0.3, -0.25) is 4.79 Å². The Morgan fingerprint density at radius 1 is 1.15 bits per heavy atom. The summed E-state index contributed by atoms with van der Waals surface area (Å²) in [5.74, 6) is -0.120. The molecule has 2 aliphatic rings. The lowest BCUT2D eigenvalue weighted by molar-refractivity contribution is -0.114. The maximum atomic E-state index is 12.3. The second-order valence-corrected chi connectivity index (χ2v) is 6.72. The normalized spacial score (nSPS) is 18.2. The SMILES string of the molecule is O=C(NCCCN1CCc2ccccc21)C1=NO[C@H](c2ccccc2)C1. The van der Waals surface area contributed by atoms with E-state index in [4.69, 9.17) is 4.84 Å². The summed E-state index contributed by atoms with van der Waals surface area (Å²) in [4.78, 5) is 20.1. The van der Waals surface area contributed by atoms with Gasteiger partial charge in [-0.05, 0) is 30.0 Å². The third kappa shape index (κ3) is 3.57. The summed E-state index contributed by atoms with van der Waals surface area (Å²) in [5.41, 5.74) is 4.27. The Kier molecular flexibility index (Phi) is 4.86. The molecule has 2 aromatic rings. The molecule has 2 heterocycles. The van der Waals surface area contributed by atoms with Crippen molar-refractivity contribution in [2.45, 2.75) is 25.4 Å². The molecule has 26 heavy (non-hydrogen) atoms. The number of benzene rings is 2. The molecule has 1 atom stereocenters. The summed E-state index contributed by atoms with van der Waals surface area (Å²) in [5, 5.41) is 6.94. The van der Waals surface area contributed by atoms with Gasteiger partial charge >= 0.3 is 0 Å². The zero-order valence-corrected chi connectivity index (χ0v) is 14.7. The summed E-state index contributed by atoms with van der Waals surface area (Å²) in [6.07, 6.45) is 2.39. The van der Waals surface area contributed by atoms with E-state index in [1.54, 1.807) is 0 Å². The van der Waals surface area contributed by atoms with Gasteiger partial charge in [0.05, 0.1) is 0 Å². The van der Waals surface area contributed by atoms with Gasteiger partial charge in [-0.2, -0.15) is 0 Å². The van der Waals surface area contributed by atoms with Crippen LogP contribution in [0.25, 0.3) is 0 Å². The van der Waals surface area contributed by atoms with E-state index >= 15 is 0 Å². The van der Waals surface area contributed by atoms with Crippen molar-refractivity contribution in [2.24, 2.45) is 5.16 Å². The summed E-state index contributed by atoms with van der Waals surface area (Å²) >= 11 is 0. The average molecular weight is 349 g/mol. The lowest BCUT2D eigenvalue weighted by Gasteiger charge is -2.19. The zero-order chi connectivity index (χ0) is 17.8. The van der Waals surface area contributed by atoms with Crippen molar-refractivity contribution in [3.05, 3.63) is 65.7 Å². The fourth-order valence-electron chi connectivity index (χ4n) is 3.57. The van der Waals surface area contributed by atoms with Crippen LogP contribution < -0.4 is 10.2 Å². The van der Waals surface area contributed by atoms with Crippen LogP contribution >= 0.6 is 0 Å². The first-order valence-electron chi connectivity index (χ1n) is 9.20. The molecule has 4 rings (SSSR count). The summed E-state index contributed by atoms with van der Waals surface area (Å²) in [6.45, 7) is 2.66. The third-order valence-corrected chi connectivity index (χ3v) is 4.98. The van der Waals surface area contributed by atoms with Crippen molar-refractivity contribution in [3.63, 3.8) is 0 Å². The highest BCUT2D eigenvalue weighted by Crippen LogP contribution is 2.28. The van der Waals surface area contributed by atoms with Gasteiger partial charge in [-0.1, -0.05) is 53.7 Å². The highest BCUT2D eigenvalue weighted by molar-refractivity contribution is 6.39. The quantitative estimate of drug-likeness (QED) is 0.816. The maximum absolute atomic E-state index is 12.3. The van der Waals surface area contributed by atoms with Crippen LogP contribution in [0, 0.1) is 0 Å². The second-order valence-electron chi connectivity index (χ2n) is 6.72. The molecular weight excluding hydrogens is 326 g/mol. The number of fused-ring (bicyclic) bond motifs is 1. The van der Waals surface area contributed by atoms with Crippen LogP contribution in [0.1, 0.15) is 30.1 Å². The van der Waals surface area contributed by atoms with E-state index in [-0.39, 0.29) is 12.0 Å². The standard InChI is InChI=1S/C21H23N3O2/c25-21(18-15-20(26-23-18)17-8-2-1-3-9-17)22-12-6-13-24-14-11-16-7-4-5-10-19(16)24/h1-5,7-10,20H,6,11-15H2,(H,22,25)/t20-/m0/s1. The molecule has 0 fully saturated rings. The predicted octanol–water partition coefficient (Wildman–Crippen LogP) is 3.07. The minimum Gasteiger partial charge on any atom is -0.387 e. The number of hydrogen-bond acceptors (Lipinski definition) is 4. The topological polar surface area (TPSA) is 53.9 Å². The number of carbonyl (C=O) groups is 1. The Balaban J connectivity index is 1.21. The number of nitrogens with one attached hydrogen (secondary N) is 1. The molecule has 2 aliphatic heterocycles. The fourth-order valence-corrected chi connectivity index (χ4v) is 3.57. The van der Waals surface area contributed by atoms with Crippen molar-refractivity contribution in [3.8, 4) is 0 Å². The third-order valence-electron chi connectivity index (χ3n) is 4.98. The Morgan fingerprint density at radius 2 is 1.96 bits per heavy atom. The lowest BCUT2D eigenvalue weighted by Crippen LogP contribution is -2.33. The molecule has 0 spiro atoms. The van der Waals surface area contributed by atoms with Gasteiger partial charge in [0.25, 0.3) is 5.91 Å². The molecule has 0 saturated heterocycles. The number of carbonyl (C=O) groups excluding carboxylic acids is 1. The summed E-state index contributed by atoms with van der Waals surface area (Å²) < 4.78 is 0. The minimum atomic E-state index is -0.155. The van der Waals surface area contributed by atoms with E-state index in [1.165, 1.54) is 11.3 Å². The predicted molar refractivity (Wildman–Crippen MR) is 102 cm³/mol. The van der Waals surface area contributed by atoms with Crippen LogP contribution in [0.15, 0.2) is 59.8 Å². The number of hydrogen-bond donors (Lipinski definition) is 1. The minimum absolute atomic E-state index is 0.120. The van der Waals surface area contributed by atoms with Crippen molar-refractivity contribution in [2.75, 3.05) is 24.5 Å². The first-order valence-corrected chi connectivity index (χ1v) is 9.20. The van der Waals surface area contributed by atoms with Crippen molar-refractivity contribution in [1.82, 2.24) is 5.32 Å². The number of para-hydroxylation sites is 1. The van der Waals surface area contributed by atoms with E-state index in [0.29, 0.717) is 18.7 Å². The van der Waals surface area contributed by atoms with Crippen molar-refractivity contribution < 1.29 is 9.63 Å². The van der Waals surface area contributed by atoms with Crippen LogP contribution in [0.2, 0.25) is 0 Å². The van der Waals surface area contributed by atoms with Crippen LogP contribution in [0.5, 0.6) is 0 Å². The van der Waals surface area contributed by atoms with Crippen molar-refractivity contribution >= 4 is 17.3 Å². The maximum Gasteiger partial charge on any atom is 0.269 e. The molecule has 0 saturated carbocycles. The van der Waals surface area contributed by atoms with Crippen LogP contribution in [0.4, 0.5) is 5.69 Å². The Labute approximate surface area is 153 Å². The number of oxime groups is 1. The van der Waals surface area contributed by atoms with E-state index in [0.717, 1.165) is 31.5 Å².